The highest BCUT2D eigenvalue weighted by molar-refractivity contribution is 6.35. The van der Waals surface area contributed by atoms with Gasteiger partial charge in [-0.3, -0.25) is 4.79 Å². The molecule has 0 aliphatic heterocycles. The Bertz CT molecular complexity index is 1240. The lowest BCUT2D eigenvalue weighted by molar-refractivity contribution is -0.127. The fourth-order valence-electron chi connectivity index (χ4n) is 3.52. The maximum Gasteiger partial charge on any atom is 0.261 e. The number of rotatable bonds is 6. The van der Waals surface area contributed by atoms with E-state index in [1.54, 1.807) is 25.1 Å². The Kier molecular flexibility index (Phi) is 6.21. The largest absolute Gasteiger partial charge is 0.479 e. The van der Waals surface area contributed by atoms with Crippen LogP contribution in [0.1, 0.15) is 18.1 Å². The predicted molar refractivity (Wildman–Crippen MR) is 127 cm³/mol. The van der Waals surface area contributed by atoms with E-state index < -0.39 is 6.10 Å². The maximum atomic E-state index is 12.5. The summed E-state index contributed by atoms with van der Waals surface area (Å²) in [7, 11) is 0. The first-order valence-corrected chi connectivity index (χ1v) is 10.7. The molecule has 0 aliphatic rings. The highest BCUT2D eigenvalue weighted by Gasteiger charge is 2.16. The highest BCUT2D eigenvalue weighted by Crippen LogP contribution is 2.30. The number of nitrogens with one attached hydrogen (secondary N) is 2. The number of ether oxygens (including phenoxy) is 1. The molecule has 1 aromatic heterocycles. The molecule has 158 valence electrons. The molecule has 1 amide bonds. The number of carbonyl (C=O) groups is 1. The first-order chi connectivity index (χ1) is 14.9. The van der Waals surface area contributed by atoms with Crippen molar-refractivity contribution >= 4 is 40.0 Å². The van der Waals surface area contributed by atoms with E-state index in [2.05, 4.69) is 35.4 Å². The van der Waals surface area contributed by atoms with Crippen molar-refractivity contribution in [3.8, 4) is 17.0 Å². The van der Waals surface area contributed by atoms with Gasteiger partial charge in [-0.25, -0.2) is 0 Å². The standard InChI is InChI=1S/C25H22Cl2N2O2/c1-15-20-12-17(8-10-22(20)29-24(15)18-6-4-3-5-7-18)14-28-25(30)16(2)31-23-11-9-19(26)13-21(23)27/h3-13,16,29H,14H2,1-2H3,(H,28,30). The van der Waals surface area contributed by atoms with Crippen molar-refractivity contribution in [3.63, 3.8) is 0 Å². The summed E-state index contributed by atoms with van der Waals surface area (Å²) in [4.78, 5) is 16.0. The van der Waals surface area contributed by atoms with E-state index in [0.717, 1.165) is 27.7 Å². The van der Waals surface area contributed by atoms with Gasteiger partial charge in [0.1, 0.15) is 5.75 Å². The lowest BCUT2D eigenvalue weighted by Gasteiger charge is -2.16. The molecule has 31 heavy (non-hydrogen) atoms. The fraction of sp³-hybridized carbons (Fsp3) is 0.160. The van der Waals surface area contributed by atoms with Crippen molar-refractivity contribution in [3.05, 3.63) is 87.9 Å². The van der Waals surface area contributed by atoms with Crippen molar-refractivity contribution in [2.24, 2.45) is 0 Å². The molecule has 0 saturated carbocycles. The van der Waals surface area contributed by atoms with Gasteiger partial charge in [-0.15, -0.1) is 0 Å². The average molecular weight is 453 g/mol. The number of hydrogen-bond donors (Lipinski definition) is 2. The molecule has 1 atom stereocenters. The third kappa shape index (κ3) is 4.71. The number of benzene rings is 3. The Morgan fingerprint density at radius 2 is 1.84 bits per heavy atom. The van der Waals surface area contributed by atoms with Crippen molar-refractivity contribution < 1.29 is 9.53 Å². The summed E-state index contributed by atoms with van der Waals surface area (Å²) < 4.78 is 5.68. The number of halogens is 2. The van der Waals surface area contributed by atoms with Crippen molar-refractivity contribution in [1.29, 1.82) is 0 Å². The van der Waals surface area contributed by atoms with E-state index in [1.807, 2.05) is 30.3 Å². The fourth-order valence-corrected chi connectivity index (χ4v) is 3.98. The van der Waals surface area contributed by atoms with E-state index in [4.69, 9.17) is 27.9 Å². The molecule has 2 N–H and O–H groups in total. The van der Waals surface area contributed by atoms with Gasteiger partial charge >= 0.3 is 0 Å². The maximum absolute atomic E-state index is 12.5. The number of H-pyrrole nitrogens is 1. The Balaban J connectivity index is 1.45. The topological polar surface area (TPSA) is 54.1 Å². The van der Waals surface area contributed by atoms with E-state index in [9.17, 15) is 4.79 Å². The van der Waals surface area contributed by atoms with Crippen molar-refractivity contribution in [2.45, 2.75) is 26.5 Å². The lowest BCUT2D eigenvalue weighted by atomic mass is 10.1. The molecule has 0 fully saturated rings. The van der Waals surface area contributed by atoms with Crippen LogP contribution in [0.3, 0.4) is 0 Å². The second-order valence-electron chi connectivity index (χ2n) is 7.42. The van der Waals surface area contributed by atoms with Crippen LogP contribution in [0.4, 0.5) is 0 Å². The molecule has 0 aliphatic carbocycles. The van der Waals surface area contributed by atoms with Crippen LogP contribution < -0.4 is 10.1 Å². The monoisotopic (exact) mass is 452 g/mol. The van der Waals surface area contributed by atoms with Gasteiger partial charge in [0.05, 0.1) is 5.02 Å². The number of aryl methyl sites for hydroxylation is 1. The molecule has 4 nitrogen and oxygen atoms in total. The molecule has 0 bridgehead atoms. The summed E-state index contributed by atoms with van der Waals surface area (Å²) in [5.74, 6) is 0.202. The summed E-state index contributed by atoms with van der Waals surface area (Å²) in [5, 5.41) is 4.96. The minimum Gasteiger partial charge on any atom is -0.479 e. The molecule has 6 heteroatoms. The molecule has 1 heterocycles. The number of aromatic nitrogens is 1. The quantitative estimate of drug-likeness (QED) is 0.349. The van der Waals surface area contributed by atoms with Crippen LogP contribution in [-0.4, -0.2) is 17.0 Å². The number of fused-ring (bicyclic) bond motifs is 1. The normalized spacial score (nSPS) is 12.0. The zero-order chi connectivity index (χ0) is 22.0. The van der Waals surface area contributed by atoms with Gasteiger partial charge in [-0.1, -0.05) is 59.6 Å². The van der Waals surface area contributed by atoms with E-state index >= 15 is 0 Å². The number of aromatic amines is 1. The average Bonchev–Trinajstić information content (AvgIpc) is 3.10. The molecular formula is C25H22Cl2N2O2. The zero-order valence-electron chi connectivity index (χ0n) is 17.2. The lowest BCUT2D eigenvalue weighted by Crippen LogP contribution is -2.35. The molecule has 4 aromatic rings. The van der Waals surface area contributed by atoms with Crippen LogP contribution in [0.15, 0.2) is 66.7 Å². The van der Waals surface area contributed by atoms with Gasteiger partial charge < -0.3 is 15.0 Å². The van der Waals surface area contributed by atoms with Crippen molar-refractivity contribution in [2.75, 3.05) is 0 Å². The third-order valence-electron chi connectivity index (χ3n) is 5.22. The number of carbonyl (C=O) groups excluding carboxylic acids is 1. The Morgan fingerprint density at radius 3 is 2.58 bits per heavy atom. The van der Waals surface area contributed by atoms with Gasteiger partial charge in [0.2, 0.25) is 0 Å². The van der Waals surface area contributed by atoms with E-state index in [0.29, 0.717) is 22.3 Å². The minimum atomic E-state index is -0.693. The summed E-state index contributed by atoms with van der Waals surface area (Å²) in [6, 6.07) is 21.3. The van der Waals surface area contributed by atoms with Gasteiger partial charge in [-0.2, -0.15) is 0 Å². The molecule has 3 aromatic carbocycles. The molecule has 4 rings (SSSR count). The molecule has 1 unspecified atom stereocenters. The van der Waals surface area contributed by atoms with Gasteiger partial charge in [-0.05, 0) is 60.9 Å². The van der Waals surface area contributed by atoms with Gasteiger partial charge in [0.15, 0.2) is 6.10 Å². The van der Waals surface area contributed by atoms with Crippen LogP contribution >= 0.6 is 23.2 Å². The number of hydrogen-bond acceptors (Lipinski definition) is 2. The highest BCUT2D eigenvalue weighted by atomic mass is 35.5. The minimum absolute atomic E-state index is 0.220. The Labute approximate surface area is 191 Å². The summed E-state index contributed by atoms with van der Waals surface area (Å²) in [5.41, 5.74) is 5.53. The summed E-state index contributed by atoms with van der Waals surface area (Å²) in [6.45, 7) is 4.20. The SMILES string of the molecule is Cc1c(-c2ccccc2)[nH]c2ccc(CNC(=O)C(C)Oc3ccc(Cl)cc3Cl)cc12. The van der Waals surface area contributed by atoms with Crippen LogP contribution in [-0.2, 0) is 11.3 Å². The zero-order valence-corrected chi connectivity index (χ0v) is 18.7. The van der Waals surface area contributed by atoms with Gasteiger partial charge in [0, 0.05) is 28.2 Å². The Hall–Kier alpha value is -2.95. The number of amides is 1. The van der Waals surface area contributed by atoms with E-state index in [1.165, 1.54) is 5.56 Å². The third-order valence-corrected chi connectivity index (χ3v) is 5.75. The van der Waals surface area contributed by atoms with Crippen molar-refractivity contribution in [1.82, 2.24) is 10.3 Å². The van der Waals surface area contributed by atoms with Crippen LogP contribution in [0, 0.1) is 6.92 Å². The second kappa shape index (κ2) is 9.04. The molecular weight excluding hydrogens is 431 g/mol. The van der Waals surface area contributed by atoms with Gasteiger partial charge in [0.25, 0.3) is 5.91 Å². The van der Waals surface area contributed by atoms with Crippen LogP contribution in [0.2, 0.25) is 10.0 Å². The first-order valence-electron chi connectivity index (χ1n) is 9.98. The summed E-state index contributed by atoms with van der Waals surface area (Å²) in [6.07, 6.45) is -0.693. The smallest absolute Gasteiger partial charge is 0.261 e. The Morgan fingerprint density at radius 1 is 1.06 bits per heavy atom. The summed E-state index contributed by atoms with van der Waals surface area (Å²) >= 11 is 12.0. The molecule has 0 saturated heterocycles. The molecule has 0 radical (unpaired) electrons. The van der Waals surface area contributed by atoms with Crippen LogP contribution in [0.5, 0.6) is 5.75 Å². The van der Waals surface area contributed by atoms with E-state index in [-0.39, 0.29) is 5.91 Å². The molecule has 0 spiro atoms. The second-order valence-corrected chi connectivity index (χ2v) is 8.27. The predicted octanol–water partition coefficient (Wildman–Crippen LogP) is 6.53. The first kappa shape index (κ1) is 21.3. The van der Waals surface area contributed by atoms with Crippen LogP contribution in [0.25, 0.3) is 22.2 Å².